The number of aromatic nitrogens is 2. The maximum atomic E-state index is 5.41. The molecule has 2 aromatic heterocycles. The maximum absolute atomic E-state index is 5.41. The highest BCUT2D eigenvalue weighted by Crippen LogP contribution is 2.42. The summed E-state index contributed by atoms with van der Waals surface area (Å²) >= 11 is 0. The number of imidazole rings is 1. The first-order valence-corrected chi connectivity index (χ1v) is 15.5. The standard InChI is InChI=1S/C43H26N2/c1-3-10-30(11-4-1)41-42(31-12-5-2-6-13-31)45-38-17-8-7-16-34(38)37-26-32(22-25-36(37)43(45)44-41)33-23-20-29-19-18-27-14-9-15-28-21-24-35(33)40(29)39(27)28/h1-26H. The van der Waals surface area contributed by atoms with Crippen molar-refractivity contribution < 1.29 is 0 Å². The Morgan fingerprint density at radius 2 is 1.04 bits per heavy atom. The molecule has 0 aliphatic rings. The molecule has 2 heterocycles. The van der Waals surface area contributed by atoms with Gasteiger partial charge in [-0.1, -0.05) is 140 Å². The van der Waals surface area contributed by atoms with E-state index in [1.165, 1.54) is 54.2 Å². The highest BCUT2D eigenvalue weighted by atomic mass is 15.0. The van der Waals surface area contributed by atoms with Crippen molar-refractivity contribution in [2.75, 3.05) is 0 Å². The van der Waals surface area contributed by atoms with Crippen molar-refractivity contribution in [3.8, 4) is 33.6 Å². The molecule has 2 heteroatoms. The number of nitrogens with zero attached hydrogens (tertiary/aromatic N) is 2. The largest absolute Gasteiger partial charge is 0.291 e. The third-order valence-electron chi connectivity index (χ3n) is 9.51. The summed E-state index contributed by atoms with van der Waals surface area (Å²) in [5.74, 6) is 0. The van der Waals surface area contributed by atoms with Crippen LogP contribution in [-0.4, -0.2) is 9.38 Å². The first-order valence-electron chi connectivity index (χ1n) is 15.5. The average molecular weight is 571 g/mol. The molecule has 0 spiro atoms. The second kappa shape index (κ2) is 9.25. The van der Waals surface area contributed by atoms with Gasteiger partial charge >= 0.3 is 0 Å². The van der Waals surface area contributed by atoms with Crippen LogP contribution in [0.25, 0.3) is 93.3 Å². The number of rotatable bonds is 3. The molecule has 0 saturated carbocycles. The maximum Gasteiger partial charge on any atom is 0.146 e. The zero-order chi connectivity index (χ0) is 29.5. The van der Waals surface area contributed by atoms with Gasteiger partial charge in [-0.15, -0.1) is 0 Å². The summed E-state index contributed by atoms with van der Waals surface area (Å²) in [6.45, 7) is 0. The van der Waals surface area contributed by atoms with Gasteiger partial charge < -0.3 is 0 Å². The second-order valence-electron chi connectivity index (χ2n) is 11.9. The van der Waals surface area contributed by atoms with Crippen LogP contribution in [0.4, 0.5) is 0 Å². The lowest BCUT2D eigenvalue weighted by Gasteiger charge is -2.15. The van der Waals surface area contributed by atoms with E-state index in [9.17, 15) is 0 Å². The Kier molecular flexibility index (Phi) is 5.03. The summed E-state index contributed by atoms with van der Waals surface area (Å²) in [7, 11) is 0. The van der Waals surface area contributed by atoms with Gasteiger partial charge in [-0.05, 0) is 67.0 Å². The van der Waals surface area contributed by atoms with E-state index >= 15 is 0 Å². The fraction of sp³-hybridized carbons (Fsp3) is 0. The van der Waals surface area contributed by atoms with Crippen LogP contribution in [-0.2, 0) is 0 Å². The normalized spacial score (nSPS) is 12.0. The molecule has 0 amide bonds. The van der Waals surface area contributed by atoms with Crippen LogP contribution in [0.5, 0.6) is 0 Å². The summed E-state index contributed by atoms with van der Waals surface area (Å²) in [5.41, 5.74) is 8.98. The van der Waals surface area contributed by atoms with E-state index in [0.717, 1.165) is 39.1 Å². The number of hydrogen-bond acceptors (Lipinski definition) is 1. The quantitative estimate of drug-likeness (QED) is 0.193. The Morgan fingerprint density at radius 1 is 0.400 bits per heavy atom. The third kappa shape index (κ3) is 3.48. The van der Waals surface area contributed by atoms with Crippen molar-refractivity contribution in [3.63, 3.8) is 0 Å². The van der Waals surface area contributed by atoms with Gasteiger partial charge in [0.15, 0.2) is 0 Å². The number of para-hydroxylation sites is 1. The molecule has 0 aliphatic heterocycles. The number of hydrogen-bond donors (Lipinski definition) is 0. The van der Waals surface area contributed by atoms with Crippen molar-refractivity contribution in [1.82, 2.24) is 9.38 Å². The van der Waals surface area contributed by atoms with Crippen LogP contribution in [0.1, 0.15) is 0 Å². The zero-order valence-corrected chi connectivity index (χ0v) is 24.4. The minimum Gasteiger partial charge on any atom is -0.291 e. The Balaban J connectivity index is 1.30. The van der Waals surface area contributed by atoms with E-state index in [-0.39, 0.29) is 0 Å². The molecule has 10 rings (SSSR count). The van der Waals surface area contributed by atoms with Gasteiger partial charge in [0.2, 0.25) is 0 Å². The molecular weight excluding hydrogens is 544 g/mol. The molecule has 10 aromatic rings. The molecule has 8 aromatic carbocycles. The van der Waals surface area contributed by atoms with E-state index in [1.807, 2.05) is 0 Å². The van der Waals surface area contributed by atoms with Crippen molar-refractivity contribution >= 4 is 59.6 Å². The first-order chi connectivity index (χ1) is 22.3. The monoisotopic (exact) mass is 570 g/mol. The van der Waals surface area contributed by atoms with Gasteiger partial charge in [0.25, 0.3) is 0 Å². The van der Waals surface area contributed by atoms with Gasteiger partial charge in [-0.2, -0.15) is 0 Å². The minimum absolute atomic E-state index is 0.975. The van der Waals surface area contributed by atoms with E-state index < -0.39 is 0 Å². The molecule has 208 valence electrons. The lowest BCUT2D eigenvalue weighted by atomic mass is 9.89. The molecule has 0 N–H and O–H groups in total. The Labute approximate surface area is 259 Å². The second-order valence-corrected chi connectivity index (χ2v) is 11.9. The smallest absolute Gasteiger partial charge is 0.146 e. The van der Waals surface area contributed by atoms with E-state index in [0.29, 0.717) is 0 Å². The highest BCUT2D eigenvalue weighted by Gasteiger charge is 2.21. The molecule has 0 fully saturated rings. The Hall–Kier alpha value is -5.99. The van der Waals surface area contributed by atoms with E-state index in [1.54, 1.807) is 0 Å². The first kappa shape index (κ1) is 24.5. The van der Waals surface area contributed by atoms with Crippen molar-refractivity contribution in [2.45, 2.75) is 0 Å². The van der Waals surface area contributed by atoms with Crippen LogP contribution in [0.3, 0.4) is 0 Å². The summed E-state index contributed by atoms with van der Waals surface area (Å²) < 4.78 is 2.37. The molecule has 0 saturated heterocycles. The number of pyridine rings is 1. The van der Waals surface area contributed by atoms with Crippen LogP contribution in [0, 0.1) is 0 Å². The summed E-state index contributed by atoms with van der Waals surface area (Å²) in [6.07, 6.45) is 0. The summed E-state index contributed by atoms with van der Waals surface area (Å²) in [4.78, 5) is 5.41. The predicted molar refractivity (Wildman–Crippen MR) is 190 cm³/mol. The third-order valence-corrected chi connectivity index (χ3v) is 9.51. The predicted octanol–water partition coefficient (Wildman–Crippen LogP) is 11.5. The SMILES string of the molecule is c1ccc(-c2nc3c4ccc(-c5ccc6ccc7cccc8ccc5c6c78)cc4c4ccccc4n3c2-c2ccccc2)cc1. The molecule has 45 heavy (non-hydrogen) atoms. The summed E-state index contributed by atoms with van der Waals surface area (Å²) in [5, 5.41) is 11.4. The molecular formula is C43H26N2. The van der Waals surface area contributed by atoms with Gasteiger partial charge in [0.1, 0.15) is 5.65 Å². The van der Waals surface area contributed by atoms with Gasteiger partial charge in [-0.25, -0.2) is 4.98 Å². The van der Waals surface area contributed by atoms with Crippen molar-refractivity contribution in [3.05, 3.63) is 158 Å². The molecule has 2 nitrogen and oxygen atoms in total. The number of fused-ring (bicyclic) bond motifs is 6. The van der Waals surface area contributed by atoms with Crippen molar-refractivity contribution in [2.24, 2.45) is 0 Å². The van der Waals surface area contributed by atoms with Crippen LogP contribution < -0.4 is 0 Å². The summed E-state index contributed by atoms with van der Waals surface area (Å²) in [6, 6.07) is 57.2. The molecule has 0 radical (unpaired) electrons. The Bertz CT molecular complexity index is 2720. The minimum atomic E-state index is 0.975. The topological polar surface area (TPSA) is 17.3 Å². The molecule has 0 bridgehead atoms. The number of benzene rings is 8. The van der Waals surface area contributed by atoms with E-state index in [2.05, 4.69) is 162 Å². The zero-order valence-electron chi connectivity index (χ0n) is 24.4. The molecule has 0 atom stereocenters. The van der Waals surface area contributed by atoms with Gasteiger partial charge in [-0.3, -0.25) is 4.40 Å². The fourth-order valence-corrected chi connectivity index (χ4v) is 7.51. The van der Waals surface area contributed by atoms with Crippen LogP contribution in [0.2, 0.25) is 0 Å². The lowest BCUT2D eigenvalue weighted by molar-refractivity contribution is 1.27. The molecule has 0 aliphatic carbocycles. The highest BCUT2D eigenvalue weighted by molar-refractivity contribution is 6.26. The average Bonchev–Trinajstić information content (AvgIpc) is 3.52. The van der Waals surface area contributed by atoms with Gasteiger partial charge in [0, 0.05) is 21.9 Å². The lowest BCUT2D eigenvalue weighted by Crippen LogP contribution is -1.95. The van der Waals surface area contributed by atoms with Crippen LogP contribution >= 0.6 is 0 Å². The van der Waals surface area contributed by atoms with Crippen molar-refractivity contribution in [1.29, 1.82) is 0 Å². The molecule has 0 unspecified atom stereocenters. The fourth-order valence-electron chi connectivity index (χ4n) is 7.51. The Morgan fingerprint density at radius 3 is 1.84 bits per heavy atom. The van der Waals surface area contributed by atoms with Gasteiger partial charge in [0.05, 0.1) is 16.9 Å². The van der Waals surface area contributed by atoms with Crippen LogP contribution in [0.15, 0.2) is 158 Å². The van der Waals surface area contributed by atoms with E-state index in [4.69, 9.17) is 4.98 Å².